The third-order valence-electron chi connectivity index (χ3n) is 3.21. The molecule has 1 aliphatic rings. The van der Waals surface area contributed by atoms with Gasteiger partial charge < -0.3 is 10.2 Å². The topological polar surface area (TPSA) is 33.1 Å². The molecule has 1 saturated heterocycles. The Morgan fingerprint density at radius 2 is 2.25 bits per heavy atom. The van der Waals surface area contributed by atoms with Crippen molar-refractivity contribution in [1.82, 2.24) is 20.0 Å². The Balaban J connectivity index is 1.94. The van der Waals surface area contributed by atoms with E-state index in [9.17, 15) is 0 Å². The van der Waals surface area contributed by atoms with Crippen molar-refractivity contribution < 1.29 is 0 Å². The Hall–Kier alpha value is -0.580. The lowest BCUT2D eigenvalue weighted by molar-refractivity contribution is 0.396. The first-order valence-corrected chi connectivity index (χ1v) is 6.05. The molecule has 0 bridgehead atoms. The van der Waals surface area contributed by atoms with Gasteiger partial charge >= 0.3 is 0 Å². The molecule has 2 rings (SSSR count). The Morgan fingerprint density at radius 3 is 2.75 bits per heavy atom. The number of halogens is 1. The van der Waals surface area contributed by atoms with Crippen LogP contribution in [0, 0.1) is 6.92 Å². The second-order valence-corrected chi connectivity index (χ2v) is 4.98. The van der Waals surface area contributed by atoms with Crippen LogP contribution in [0.25, 0.3) is 0 Å². The summed E-state index contributed by atoms with van der Waals surface area (Å²) in [5.74, 6) is 0. The van der Waals surface area contributed by atoms with Gasteiger partial charge in [0.15, 0.2) is 0 Å². The van der Waals surface area contributed by atoms with Crippen LogP contribution in [0.3, 0.4) is 0 Å². The van der Waals surface area contributed by atoms with E-state index in [1.807, 2.05) is 18.7 Å². The van der Waals surface area contributed by atoms with Crippen LogP contribution in [0.1, 0.15) is 17.8 Å². The van der Waals surface area contributed by atoms with E-state index in [1.54, 1.807) is 0 Å². The molecular formula is C11H19ClN4. The van der Waals surface area contributed by atoms with Crippen LogP contribution in [0.15, 0.2) is 0 Å². The van der Waals surface area contributed by atoms with Gasteiger partial charge in [0, 0.05) is 26.2 Å². The van der Waals surface area contributed by atoms with Crippen LogP contribution >= 0.6 is 11.6 Å². The molecule has 90 valence electrons. The molecule has 5 heteroatoms. The van der Waals surface area contributed by atoms with E-state index >= 15 is 0 Å². The van der Waals surface area contributed by atoms with Gasteiger partial charge in [-0.25, -0.2) is 0 Å². The molecule has 1 aromatic rings. The highest BCUT2D eigenvalue weighted by Crippen LogP contribution is 2.19. The van der Waals surface area contributed by atoms with Gasteiger partial charge in [-0.2, -0.15) is 5.10 Å². The van der Waals surface area contributed by atoms with Crippen LogP contribution in [-0.2, 0) is 13.6 Å². The highest BCUT2D eigenvalue weighted by Gasteiger charge is 2.20. The zero-order valence-electron chi connectivity index (χ0n) is 10.1. The number of nitrogens with zero attached hydrogens (tertiary/aromatic N) is 3. The summed E-state index contributed by atoms with van der Waals surface area (Å²) in [6.45, 7) is 5.04. The molecule has 1 unspecified atom stereocenters. The number of aryl methyl sites for hydroxylation is 2. The minimum atomic E-state index is 0.580. The molecule has 1 fully saturated rings. The highest BCUT2D eigenvalue weighted by molar-refractivity contribution is 6.31. The maximum atomic E-state index is 6.19. The molecule has 0 aliphatic carbocycles. The summed E-state index contributed by atoms with van der Waals surface area (Å²) in [5, 5.41) is 8.63. The van der Waals surface area contributed by atoms with Gasteiger partial charge in [-0.1, -0.05) is 11.6 Å². The third kappa shape index (κ3) is 2.39. The van der Waals surface area contributed by atoms with E-state index in [0.717, 1.165) is 29.5 Å². The van der Waals surface area contributed by atoms with Gasteiger partial charge in [0.2, 0.25) is 0 Å². The number of hydrogen-bond acceptors (Lipinski definition) is 3. The standard InChI is InChI=1S/C11H19ClN4/c1-8-11(12)10(16(3)14-8)6-13-9-4-5-15(2)7-9/h9,13H,4-7H2,1-3H3. The van der Waals surface area contributed by atoms with Gasteiger partial charge in [0.1, 0.15) is 0 Å². The molecule has 0 spiro atoms. The largest absolute Gasteiger partial charge is 0.307 e. The second kappa shape index (κ2) is 4.73. The summed E-state index contributed by atoms with van der Waals surface area (Å²) in [5.41, 5.74) is 1.98. The zero-order chi connectivity index (χ0) is 11.7. The molecular weight excluding hydrogens is 224 g/mol. The average molecular weight is 243 g/mol. The first-order valence-electron chi connectivity index (χ1n) is 5.68. The van der Waals surface area contributed by atoms with Crippen LogP contribution < -0.4 is 5.32 Å². The summed E-state index contributed by atoms with van der Waals surface area (Å²) in [6.07, 6.45) is 1.21. The minimum absolute atomic E-state index is 0.580. The van der Waals surface area contributed by atoms with Gasteiger partial charge in [0.05, 0.1) is 16.4 Å². The molecule has 2 heterocycles. The second-order valence-electron chi connectivity index (χ2n) is 4.60. The normalized spacial score (nSPS) is 21.9. The molecule has 0 amide bonds. The zero-order valence-corrected chi connectivity index (χ0v) is 10.9. The summed E-state index contributed by atoms with van der Waals surface area (Å²) < 4.78 is 1.86. The molecule has 1 aromatic heterocycles. The fourth-order valence-electron chi connectivity index (χ4n) is 2.21. The van der Waals surface area contributed by atoms with E-state index in [0.29, 0.717) is 6.04 Å². The SMILES string of the molecule is Cc1nn(C)c(CNC2CCN(C)C2)c1Cl. The molecule has 0 radical (unpaired) electrons. The quantitative estimate of drug-likeness (QED) is 0.864. The van der Waals surface area contributed by atoms with Crippen molar-refractivity contribution in [1.29, 1.82) is 0 Å². The van der Waals surface area contributed by atoms with Crippen molar-refractivity contribution in [2.24, 2.45) is 7.05 Å². The fourth-order valence-corrected chi connectivity index (χ4v) is 2.44. The van der Waals surface area contributed by atoms with Crippen LogP contribution in [-0.4, -0.2) is 40.9 Å². The number of likely N-dealkylation sites (tertiary alicyclic amines) is 1. The Labute approximate surface area is 102 Å². The number of nitrogens with one attached hydrogen (secondary N) is 1. The Bertz CT molecular complexity index is 374. The molecule has 0 saturated carbocycles. The molecule has 4 nitrogen and oxygen atoms in total. The van der Waals surface area contributed by atoms with Gasteiger partial charge in [-0.3, -0.25) is 4.68 Å². The summed E-state index contributed by atoms with van der Waals surface area (Å²) >= 11 is 6.19. The van der Waals surface area contributed by atoms with Crippen molar-refractivity contribution >= 4 is 11.6 Å². The average Bonchev–Trinajstić information content (AvgIpc) is 2.72. The smallest absolute Gasteiger partial charge is 0.0860 e. The van der Waals surface area contributed by atoms with E-state index in [1.165, 1.54) is 13.0 Å². The monoisotopic (exact) mass is 242 g/mol. The molecule has 1 N–H and O–H groups in total. The van der Waals surface area contributed by atoms with Crippen LogP contribution in [0.5, 0.6) is 0 Å². The van der Waals surface area contributed by atoms with Crippen LogP contribution in [0.4, 0.5) is 0 Å². The van der Waals surface area contributed by atoms with E-state index in [-0.39, 0.29) is 0 Å². The number of aromatic nitrogens is 2. The maximum absolute atomic E-state index is 6.19. The fraction of sp³-hybridized carbons (Fsp3) is 0.727. The molecule has 0 aromatic carbocycles. The maximum Gasteiger partial charge on any atom is 0.0860 e. The van der Waals surface area contributed by atoms with Crippen molar-refractivity contribution in [3.8, 4) is 0 Å². The number of hydrogen-bond donors (Lipinski definition) is 1. The minimum Gasteiger partial charge on any atom is -0.307 e. The first kappa shape index (κ1) is 11.9. The predicted molar refractivity (Wildman–Crippen MR) is 65.7 cm³/mol. The van der Waals surface area contributed by atoms with E-state index in [4.69, 9.17) is 11.6 Å². The lowest BCUT2D eigenvalue weighted by Gasteiger charge is -2.13. The third-order valence-corrected chi connectivity index (χ3v) is 3.70. The molecule has 1 atom stereocenters. The van der Waals surface area contributed by atoms with Crippen molar-refractivity contribution in [2.75, 3.05) is 20.1 Å². The van der Waals surface area contributed by atoms with E-state index in [2.05, 4.69) is 22.4 Å². The molecule has 1 aliphatic heterocycles. The highest BCUT2D eigenvalue weighted by atomic mass is 35.5. The lowest BCUT2D eigenvalue weighted by Crippen LogP contribution is -2.31. The Kier molecular flexibility index (Phi) is 3.52. The summed E-state index contributed by atoms with van der Waals surface area (Å²) in [7, 11) is 4.10. The summed E-state index contributed by atoms with van der Waals surface area (Å²) in [4.78, 5) is 2.34. The lowest BCUT2D eigenvalue weighted by atomic mass is 10.2. The van der Waals surface area contributed by atoms with E-state index < -0.39 is 0 Å². The van der Waals surface area contributed by atoms with Crippen LogP contribution in [0.2, 0.25) is 5.02 Å². The first-order chi connectivity index (χ1) is 7.58. The van der Waals surface area contributed by atoms with Crippen molar-refractivity contribution in [2.45, 2.75) is 25.9 Å². The van der Waals surface area contributed by atoms with Crippen molar-refractivity contribution in [3.05, 3.63) is 16.4 Å². The molecule has 16 heavy (non-hydrogen) atoms. The number of likely N-dealkylation sites (N-methyl/N-ethyl adjacent to an activating group) is 1. The Morgan fingerprint density at radius 1 is 1.50 bits per heavy atom. The predicted octanol–water partition coefficient (Wildman–Crippen LogP) is 1.18. The number of rotatable bonds is 3. The van der Waals surface area contributed by atoms with Gasteiger partial charge in [0.25, 0.3) is 0 Å². The van der Waals surface area contributed by atoms with Gasteiger partial charge in [-0.05, 0) is 26.9 Å². The van der Waals surface area contributed by atoms with Gasteiger partial charge in [-0.15, -0.1) is 0 Å². The summed E-state index contributed by atoms with van der Waals surface area (Å²) in [6, 6.07) is 0.580. The van der Waals surface area contributed by atoms with Crippen molar-refractivity contribution in [3.63, 3.8) is 0 Å².